The fourth-order valence-corrected chi connectivity index (χ4v) is 5.84. The lowest BCUT2D eigenvalue weighted by molar-refractivity contribution is 0.340. The molecule has 164 valence electrons. The van der Waals surface area contributed by atoms with Gasteiger partial charge in [0.05, 0.1) is 16.4 Å². The number of benzene rings is 2. The molecule has 0 bridgehead atoms. The monoisotopic (exact) mass is 480 g/mol. The zero-order valence-corrected chi connectivity index (χ0v) is 19.0. The van der Waals surface area contributed by atoms with Crippen molar-refractivity contribution in [1.82, 2.24) is 9.71 Å². The van der Waals surface area contributed by atoms with Gasteiger partial charge in [-0.2, -0.15) is 0 Å². The molecular weight excluding hydrogens is 460 g/mol. The third kappa shape index (κ3) is 5.62. The van der Waals surface area contributed by atoms with Crippen molar-refractivity contribution in [2.45, 2.75) is 22.0 Å². The van der Waals surface area contributed by atoms with Crippen LogP contribution in [0.25, 0.3) is 0 Å². The Bertz CT molecular complexity index is 1220. The fraction of sp³-hybridized carbons (Fsp3) is 0.190. The van der Waals surface area contributed by atoms with Crippen molar-refractivity contribution in [3.63, 3.8) is 0 Å². The van der Waals surface area contributed by atoms with Gasteiger partial charge in [0.2, 0.25) is 10.0 Å². The summed E-state index contributed by atoms with van der Waals surface area (Å²) >= 11 is 5.82. The summed E-state index contributed by atoms with van der Waals surface area (Å²) in [6, 6.07) is 14.8. The van der Waals surface area contributed by atoms with Crippen LogP contribution in [0, 0.1) is 0 Å². The van der Waals surface area contributed by atoms with E-state index in [1.807, 2.05) is 6.92 Å². The molecule has 2 aromatic carbocycles. The molecule has 31 heavy (non-hydrogen) atoms. The second-order valence-electron chi connectivity index (χ2n) is 6.53. The summed E-state index contributed by atoms with van der Waals surface area (Å²) in [6.07, 6.45) is 2.93. The number of nitrogens with zero attached hydrogens (tertiary/aromatic N) is 1. The van der Waals surface area contributed by atoms with Gasteiger partial charge in [-0.25, -0.2) is 21.6 Å². The Balaban J connectivity index is 1.92. The number of pyridine rings is 1. The van der Waals surface area contributed by atoms with Crippen molar-refractivity contribution in [3.05, 3.63) is 83.6 Å². The van der Waals surface area contributed by atoms with Gasteiger partial charge in [-0.15, -0.1) is 0 Å². The molecule has 10 heteroatoms. The number of ether oxygens (including phenoxy) is 1. The molecular formula is C21H21ClN2O5S2. The molecule has 0 aliphatic carbocycles. The average Bonchev–Trinajstić information content (AvgIpc) is 2.75. The molecule has 1 atom stereocenters. The van der Waals surface area contributed by atoms with E-state index in [2.05, 4.69) is 9.71 Å². The highest BCUT2D eigenvalue weighted by Gasteiger charge is 2.31. The largest absolute Gasteiger partial charge is 0.494 e. The van der Waals surface area contributed by atoms with Gasteiger partial charge in [0.15, 0.2) is 9.84 Å². The predicted octanol–water partition coefficient (Wildman–Crippen LogP) is 3.63. The third-order valence-corrected chi connectivity index (χ3v) is 8.29. The Morgan fingerprint density at radius 1 is 0.968 bits per heavy atom. The number of hydrogen-bond donors (Lipinski definition) is 1. The molecule has 0 radical (unpaired) electrons. The quantitative estimate of drug-likeness (QED) is 0.501. The van der Waals surface area contributed by atoms with Crippen LogP contribution in [0.1, 0.15) is 17.7 Å². The van der Waals surface area contributed by atoms with E-state index in [9.17, 15) is 16.8 Å². The Hall–Kier alpha value is -2.46. The average molecular weight is 481 g/mol. The molecule has 0 saturated heterocycles. The molecule has 0 aliphatic rings. The minimum Gasteiger partial charge on any atom is -0.494 e. The van der Waals surface area contributed by atoms with Crippen LogP contribution in [0.4, 0.5) is 0 Å². The van der Waals surface area contributed by atoms with Crippen molar-refractivity contribution in [2.24, 2.45) is 0 Å². The summed E-state index contributed by atoms with van der Waals surface area (Å²) in [5.74, 6) is 0.544. The van der Waals surface area contributed by atoms with Crippen LogP contribution in [-0.2, 0) is 19.9 Å². The standard InChI is InChI=1S/C21H21ClN2O5S2/c1-2-29-18-7-11-19(12-8-18)30(25,26)21(16-4-3-13-23-14-16)15-24-31(27,28)20-9-5-17(22)6-10-20/h3-14,21,24H,2,15H2,1H3. The Morgan fingerprint density at radius 2 is 1.61 bits per heavy atom. The molecule has 0 amide bonds. The van der Waals surface area contributed by atoms with Crippen molar-refractivity contribution >= 4 is 31.5 Å². The van der Waals surface area contributed by atoms with Crippen LogP contribution in [0.5, 0.6) is 5.75 Å². The first-order valence-electron chi connectivity index (χ1n) is 9.36. The smallest absolute Gasteiger partial charge is 0.240 e. The van der Waals surface area contributed by atoms with Gasteiger partial charge >= 0.3 is 0 Å². The second kappa shape index (κ2) is 9.78. The maximum Gasteiger partial charge on any atom is 0.240 e. The lowest BCUT2D eigenvalue weighted by Crippen LogP contribution is -2.32. The molecule has 1 aromatic heterocycles. The van der Waals surface area contributed by atoms with Gasteiger partial charge in [-0.1, -0.05) is 17.7 Å². The summed E-state index contributed by atoms with van der Waals surface area (Å²) in [5.41, 5.74) is 0.371. The van der Waals surface area contributed by atoms with Crippen LogP contribution in [-0.4, -0.2) is 35.0 Å². The van der Waals surface area contributed by atoms with E-state index in [0.29, 0.717) is 22.9 Å². The highest BCUT2D eigenvalue weighted by atomic mass is 35.5. The van der Waals surface area contributed by atoms with Crippen LogP contribution in [0.15, 0.2) is 82.8 Å². The predicted molar refractivity (Wildman–Crippen MR) is 118 cm³/mol. The molecule has 0 fully saturated rings. The maximum absolute atomic E-state index is 13.4. The Labute approximate surface area is 187 Å². The summed E-state index contributed by atoms with van der Waals surface area (Å²) in [7, 11) is -7.89. The second-order valence-corrected chi connectivity index (χ2v) is 10.9. The molecule has 0 spiro atoms. The molecule has 1 heterocycles. The first kappa shape index (κ1) is 23.2. The van der Waals surface area contributed by atoms with Gasteiger partial charge in [-0.3, -0.25) is 4.98 Å². The molecule has 7 nitrogen and oxygen atoms in total. The normalized spacial score (nSPS) is 13.0. The highest BCUT2D eigenvalue weighted by Crippen LogP contribution is 2.30. The van der Waals surface area contributed by atoms with Crippen molar-refractivity contribution in [2.75, 3.05) is 13.2 Å². The third-order valence-electron chi connectivity index (χ3n) is 4.48. The van der Waals surface area contributed by atoms with Crippen LogP contribution >= 0.6 is 11.6 Å². The molecule has 3 rings (SSSR count). The molecule has 3 aromatic rings. The minimum absolute atomic E-state index is 0.0136. The van der Waals surface area contributed by atoms with Crippen molar-refractivity contribution < 1.29 is 21.6 Å². The number of nitrogens with one attached hydrogen (secondary N) is 1. The Kier molecular flexibility index (Phi) is 7.32. The highest BCUT2D eigenvalue weighted by molar-refractivity contribution is 7.92. The van der Waals surface area contributed by atoms with Gasteiger partial charge in [0.25, 0.3) is 0 Å². The lowest BCUT2D eigenvalue weighted by Gasteiger charge is -2.19. The van der Waals surface area contributed by atoms with E-state index >= 15 is 0 Å². The fourth-order valence-electron chi connectivity index (χ4n) is 2.91. The molecule has 1 N–H and O–H groups in total. The van der Waals surface area contributed by atoms with E-state index in [-0.39, 0.29) is 16.3 Å². The molecule has 0 aliphatic heterocycles. The first-order valence-corrected chi connectivity index (χ1v) is 12.8. The summed E-state index contributed by atoms with van der Waals surface area (Å²) in [6.45, 7) is 1.92. The van der Waals surface area contributed by atoms with Gasteiger partial charge in [-0.05, 0) is 67.1 Å². The van der Waals surface area contributed by atoms with Gasteiger partial charge in [0.1, 0.15) is 11.0 Å². The number of rotatable bonds is 9. The summed E-state index contributed by atoms with van der Waals surface area (Å²) < 4.78 is 59.9. The minimum atomic E-state index is -3.95. The van der Waals surface area contributed by atoms with E-state index in [1.165, 1.54) is 48.8 Å². The Morgan fingerprint density at radius 3 is 2.19 bits per heavy atom. The first-order chi connectivity index (χ1) is 14.7. The van der Waals surface area contributed by atoms with Crippen molar-refractivity contribution in [3.8, 4) is 5.75 Å². The maximum atomic E-state index is 13.4. The van der Waals surface area contributed by atoms with Crippen molar-refractivity contribution in [1.29, 1.82) is 0 Å². The number of aromatic nitrogens is 1. The van der Waals surface area contributed by atoms with Gasteiger partial charge < -0.3 is 4.74 Å². The van der Waals surface area contributed by atoms with Gasteiger partial charge in [0, 0.05) is 24.0 Å². The molecule has 0 saturated carbocycles. The van der Waals surface area contributed by atoms with E-state index < -0.39 is 25.1 Å². The number of halogens is 1. The van der Waals surface area contributed by atoms with E-state index in [0.717, 1.165) is 0 Å². The van der Waals surface area contributed by atoms with Crippen LogP contribution < -0.4 is 9.46 Å². The molecule has 1 unspecified atom stereocenters. The number of sulfonamides is 1. The zero-order valence-electron chi connectivity index (χ0n) is 16.6. The van der Waals surface area contributed by atoms with Crippen LogP contribution in [0.2, 0.25) is 5.02 Å². The van der Waals surface area contributed by atoms with E-state index in [4.69, 9.17) is 16.3 Å². The summed E-state index contributed by atoms with van der Waals surface area (Å²) in [5, 5.41) is -0.786. The lowest BCUT2D eigenvalue weighted by atomic mass is 10.2. The SMILES string of the molecule is CCOc1ccc(S(=O)(=O)C(CNS(=O)(=O)c2ccc(Cl)cc2)c2cccnc2)cc1. The number of hydrogen-bond acceptors (Lipinski definition) is 6. The zero-order chi connectivity index (χ0) is 22.5. The summed E-state index contributed by atoms with van der Waals surface area (Å²) in [4.78, 5) is 4.02. The van der Waals surface area contributed by atoms with Crippen LogP contribution in [0.3, 0.4) is 0 Å². The van der Waals surface area contributed by atoms with E-state index in [1.54, 1.807) is 24.3 Å². The number of sulfone groups is 1. The topological polar surface area (TPSA) is 102 Å².